The van der Waals surface area contributed by atoms with Crippen LogP contribution in [-0.2, 0) is 6.42 Å². The third-order valence-corrected chi connectivity index (χ3v) is 3.01. The standard InChI is InChI=1S/C12H15NO2.C2H6/c1-8-3-4-9-5-6-10(15-2)7-11(9)12(8)13-14;1-2/h5-8,14H,3-4H2,1-2H3;1-2H3/b13-12+;. The first kappa shape index (κ1) is 13.6. The number of ether oxygens (including phenoxy) is 1. The summed E-state index contributed by atoms with van der Waals surface area (Å²) in [5, 5.41) is 12.4. The van der Waals surface area contributed by atoms with E-state index in [1.807, 2.05) is 32.0 Å². The predicted molar refractivity (Wildman–Crippen MR) is 70.2 cm³/mol. The van der Waals surface area contributed by atoms with Gasteiger partial charge >= 0.3 is 0 Å². The molecule has 0 saturated heterocycles. The van der Waals surface area contributed by atoms with Gasteiger partial charge in [-0.25, -0.2) is 0 Å². The van der Waals surface area contributed by atoms with Crippen molar-refractivity contribution in [2.45, 2.75) is 33.6 Å². The molecule has 1 aromatic rings. The summed E-state index contributed by atoms with van der Waals surface area (Å²) in [5.74, 6) is 1.12. The summed E-state index contributed by atoms with van der Waals surface area (Å²) in [6, 6.07) is 5.94. The third-order valence-electron chi connectivity index (χ3n) is 3.01. The Labute approximate surface area is 103 Å². The maximum absolute atomic E-state index is 9.02. The summed E-state index contributed by atoms with van der Waals surface area (Å²) in [7, 11) is 1.64. The van der Waals surface area contributed by atoms with Crippen LogP contribution in [0, 0.1) is 5.92 Å². The summed E-state index contributed by atoms with van der Waals surface area (Å²) >= 11 is 0. The average molecular weight is 235 g/mol. The molecule has 0 aromatic heterocycles. The highest BCUT2D eigenvalue weighted by Crippen LogP contribution is 2.28. The highest BCUT2D eigenvalue weighted by atomic mass is 16.5. The Kier molecular flexibility index (Phi) is 5.01. The number of oxime groups is 1. The molecular formula is C14H21NO2. The van der Waals surface area contributed by atoms with Gasteiger partial charge in [0.25, 0.3) is 0 Å². The molecule has 0 radical (unpaired) electrons. The number of nitrogens with zero attached hydrogens (tertiary/aromatic N) is 1. The normalized spacial score (nSPS) is 20.2. The van der Waals surface area contributed by atoms with Crippen molar-refractivity contribution in [3.8, 4) is 5.75 Å². The molecule has 0 aliphatic heterocycles. The Morgan fingerprint density at radius 2 is 2.06 bits per heavy atom. The quantitative estimate of drug-likeness (QED) is 0.598. The summed E-state index contributed by atoms with van der Waals surface area (Å²) < 4.78 is 5.17. The zero-order chi connectivity index (χ0) is 12.8. The molecule has 0 heterocycles. The molecule has 0 amide bonds. The average Bonchev–Trinajstić information content (AvgIpc) is 2.40. The lowest BCUT2D eigenvalue weighted by atomic mass is 9.83. The molecule has 17 heavy (non-hydrogen) atoms. The third kappa shape index (κ3) is 2.78. The summed E-state index contributed by atoms with van der Waals surface area (Å²) in [6.07, 6.45) is 2.08. The maximum atomic E-state index is 9.02. The van der Waals surface area contributed by atoms with Gasteiger partial charge in [-0.2, -0.15) is 0 Å². The van der Waals surface area contributed by atoms with Crippen LogP contribution in [0.4, 0.5) is 0 Å². The summed E-state index contributed by atoms with van der Waals surface area (Å²) in [5.41, 5.74) is 3.03. The Bertz CT molecular complexity index is 399. The van der Waals surface area contributed by atoms with Crippen molar-refractivity contribution in [2.75, 3.05) is 7.11 Å². The van der Waals surface area contributed by atoms with Gasteiger partial charge in [0.05, 0.1) is 12.8 Å². The number of methoxy groups -OCH3 is 1. The van der Waals surface area contributed by atoms with E-state index in [2.05, 4.69) is 12.1 Å². The van der Waals surface area contributed by atoms with E-state index in [-0.39, 0.29) is 0 Å². The first-order valence-electron chi connectivity index (χ1n) is 6.15. The largest absolute Gasteiger partial charge is 0.497 e. The van der Waals surface area contributed by atoms with Crippen molar-refractivity contribution < 1.29 is 9.94 Å². The van der Waals surface area contributed by atoms with Crippen LogP contribution in [0.3, 0.4) is 0 Å². The monoisotopic (exact) mass is 235 g/mol. The van der Waals surface area contributed by atoms with Crippen molar-refractivity contribution in [3.63, 3.8) is 0 Å². The molecule has 3 nitrogen and oxygen atoms in total. The van der Waals surface area contributed by atoms with E-state index in [1.165, 1.54) is 5.56 Å². The lowest BCUT2D eigenvalue weighted by Crippen LogP contribution is -2.21. The van der Waals surface area contributed by atoms with E-state index >= 15 is 0 Å². The second-order valence-corrected chi connectivity index (χ2v) is 3.95. The number of rotatable bonds is 1. The minimum Gasteiger partial charge on any atom is -0.497 e. The van der Waals surface area contributed by atoms with E-state index in [0.29, 0.717) is 5.92 Å². The van der Waals surface area contributed by atoms with Gasteiger partial charge in [-0.05, 0) is 30.5 Å². The molecule has 1 aliphatic rings. The van der Waals surface area contributed by atoms with Crippen LogP contribution in [0.5, 0.6) is 5.75 Å². The van der Waals surface area contributed by atoms with Crippen molar-refractivity contribution in [3.05, 3.63) is 29.3 Å². The Morgan fingerprint density at radius 3 is 2.65 bits per heavy atom. The SMILES string of the molecule is CC.COc1ccc2c(c1)/C(=N/O)C(C)CC2. The van der Waals surface area contributed by atoms with Crippen molar-refractivity contribution in [2.24, 2.45) is 11.1 Å². The molecule has 1 unspecified atom stereocenters. The van der Waals surface area contributed by atoms with E-state index in [9.17, 15) is 0 Å². The number of benzene rings is 1. The number of hydrogen-bond donors (Lipinski definition) is 1. The molecule has 3 heteroatoms. The molecule has 2 rings (SSSR count). The first-order chi connectivity index (χ1) is 8.26. The molecule has 0 saturated carbocycles. The van der Waals surface area contributed by atoms with Gasteiger partial charge in [-0.15, -0.1) is 0 Å². The minimum atomic E-state index is 0.314. The van der Waals surface area contributed by atoms with Crippen molar-refractivity contribution in [1.29, 1.82) is 0 Å². The fraction of sp³-hybridized carbons (Fsp3) is 0.500. The minimum absolute atomic E-state index is 0.314. The van der Waals surface area contributed by atoms with Crippen molar-refractivity contribution in [1.82, 2.24) is 0 Å². The molecular weight excluding hydrogens is 214 g/mol. The summed E-state index contributed by atoms with van der Waals surface area (Å²) in [4.78, 5) is 0. The predicted octanol–water partition coefficient (Wildman–Crippen LogP) is 3.48. The van der Waals surface area contributed by atoms with Gasteiger partial charge in [0.1, 0.15) is 5.75 Å². The van der Waals surface area contributed by atoms with Gasteiger partial charge in [-0.3, -0.25) is 0 Å². The fourth-order valence-electron chi connectivity index (χ4n) is 2.07. The van der Waals surface area contributed by atoms with Crippen LogP contribution >= 0.6 is 0 Å². The molecule has 94 valence electrons. The van der Waals surface area contributed by atoms with Crippen LogP contribution in [0.15, 0.2) is 23.4 Å². The van der Waals surface area contributed by atoms with Crippen LogP contribution in [0.1, 0.15) is 38.3 Å². The fourth-order valence-corrected chi connectivity index (χ4v) is 2.07. The van der Waals surface area contributed by atoms with E-state index < -0.39 is 0 Å². The Morgan fingerprint density at radius 1 is 1.35 bits per heavy atom. The van der Waals surface area contributed by atoms with Gasteiger partial charge in [0.15, 0.2) is 0 Å². The molecule has 1 aromatic carbocycles. The molecule has 0 bridgehead atoms. The van der Waals surface area contributed by atoms with Crippen LogP contribution in [0.25, 0.3) is 0 Å². The highest BCUT2D eigenvalue weighted by Gasteiger charge is 2.22. The van der Waals surface area contributed by atoms with Crippen LogP contribution in [-0.4, -0.2) is 18.0 Å². The second-order valence-electron chi connectivity index (χ2n) is 3.95. The molecule has 1 aliphatic carbocycles. The van der Waals surface area contributed by atoms with E-state index in [0.717, 1.165) is 29.9 Å². The topological polar surface area (TPSA) is 41.8 Å². The zero-order valence-corrected chi connectivity index (χ0v) is 11.0. The van der Waals surface area contributed by atoms with Gasteiger partial charge in [0, 0.05) is 11.5 Å². The van der Waals surface area contributed by atoms with Gasteiger partial charge in [-0.1, -0.05) is 32.0 Å². The van der Waals surface area contributed by atoms with Crippen LogP contribution in [0.2, 0.25) is 0 Å². The van der Waals surface area contributed by atoms with Gasteiger partial charge in [0.2, 0.25) is 0 Å². The van der Waals surface area contributed by atoms with E-state index in [1.54, 1.807) is 7.11 Å². The Balaban J connectivity index is 0.000000686. The van der Waals surface area contributed by atoms with Crippen LogP contribution < -0.4 is 4.74 Å². The zero-order valence-electron chi connectivity index (χ0n) is 11.0. The number of fused-ring (bicyclic) bond motifs is 1. The summed E-state index contributed by atoms with van der Waals surface area (Å²) in [6.45, 7) is 6.08. The highest BCUT2D eigenvalue weighted by molar-refractivity contribution is 6.04. The lowest BCUT2D eigenvalue weighted by molar-refractivity contribution is 0.314. The molecule has 0 spiro atoms. The number of hydrogen-bond acceptors (Lipinski definition) is 3. The second kappa shape index (κ2) is 6.28. The smallest absolute Gasteiger partial charge is 0.119 e. The van der Waals surface area contributed by atoms with Gasteiger partial charge < -0.3 is 9.94 Å². The molecule has 1 N–H and O–H groups in total. The van der Waals surface area contributed by atoms with Crippen molar-refractivity contribution >= 4 is 5.71 Å². The first-order valence-corrected chi connectivity index (χ1v) is 6.15. The Hall–Kier alpha value is -1.51. The number of aryl methyl sites for hydroxylation is 1. The molecule has 0 fully saturated rings. The van der Waals surface area contributed by atoms with E-state index in [4.69, 9.17) is 9.94 Å². The maximum Gasteiger partial charge on any atom is 0.119 e. The molecule has 1 atom stereocenters. The lowest BCUT2D eigenvalue weighted by Gasteiger charge is -2.22.